The van der Waals surface area contributed by atoms with Crippen LogP contribution < -0.4 is 10.6 Å². The van der Waals surface area contributed by atoms with Crippen molar-refractivity contribution in [3.8, 4) is 0 Å². The van der Waals surface area contributed by atoms with E-state index in [1.807, 2.05) is 7.05 Å². The molecule has 0 saturated carbocycles. The highest BCUT2D eigenvalue weighted by Gasteiger charge is 1.99. The van der Waals surface area contributed by atoms with Gasteiger partial charge in [-0.05, 0) is 31.7 Å². The summed E-state index contributed by atoms with van der Waals surface area (Å²) in [6, 6.07) is 0. The third-order valence-corrected chi connectivity index (χ3v) is 2.28. The van der Waals surface area contributed by atoms with Crippen molar-refractivity contribution in [2.75, 3.05) is 33.2 Å². The fourth-order valence-electron chi connectivity index (χ4n) is 1.16. The highest BCUT2D eigenvalue weighted by atomic mass is 32.1. The summed E-state index contributed by atoms with van der Waals surface area (Å²) in [7, 11) is 1.83. The molecule has 0 spiro atoms. The Morgan fingerprint density at radius 2 is 2.00 bits per heavy atom. The van der Waals surface area contributed by atoms with Gasteiger partial charge in [-0.15, -0.1) is 0 Å². The van der Waals surface area contributed by atoms with E-state index in [1.165, 1.54) is 13.0 Å². The van der Waals surface area contributed by atoms with Gasteiger partial charge >= 0.3 is 0 Å². The van der Waals surface area contributed by atoms with Crippen molar-refractivity contribution in [2.24, 2.45) is 0 Å². The second-order valence-corrected chi connectivity index (χ2v) is 3.35. The molecule has 0 heterocycles. The summed E-state index contributed by atoms with van der Waals surface area (Å²) in [5.74, 6) is 0. The Morgan fingerprint density at radius 3 is 2.46 bits per heavy atom. The Kier molecular flexibility index (Phi) is 8.04. The van der Waals surface area contributed by atoms with Crippen molar-refractivity contribution in [3.05, 3.63) is 0 Å². The molecule has 0 saturated heterocycles. The van der Waals surface area contributed by atoms with Gasteiger partial charge in [0.15, 0.2) is 5.11 Å². The Bertz CT molecular complexity index is 139. The standard InChI is InChI=1S/C9H21N3S/c1-4-7-12(5-2)8-6-11-9(13)10-3/h4-8H2,1-3H3,(H2,10,11,13). The predicted molar refractivity (Wildman–Crippen MR) is 62.1 cm³/mol. The van der Waals surface area contributed by atoms with Gasteiger partial charge in [-0.1, -0.05) is 13.8 Å². The SMILES string of the molecule is CCCN(CC)CCNC(=S)NC. The van der Waals surface area contributed by atoms with Crippen LogP contribution in [0.4, 0.5) is 0 Å². The zero-order valence-corrected chi connectivity index (χ0v) is 9.71. The minimum atomic E-state index is 0.729. The Morgan fingerprint density at radius 1 is 1.31 bits per heavy atom. The molecule has 78 valence electrons. The maximum atomic E-state index is 4.97. The van der Waals surface area contributed by atoms with Crippen LogP contribution in [0.5, 0.6) is 0 Å². The van der Waals surface area contributed by atoms with Crippen LogP contribution in [0.25, 0.3) is 0 Å². The molecule has 0 rings (SSSR count). The summed E-state index contributed by atoms with van der Waals surface area (Å²) in [5.41, 5.74) is 0. The van der Waals surface area contributed by atoms with E-state index in [2.05, 4.69) is 29.4 Å². The first-order valence-electron chi connectivity index (χ1n) is 4.92. The summed E-state index contributed by atoms with van der Waals surface area (Å²) in [6.07, 6.45) is 1.21. The molecule has 2 N–H and O–H groups in total. The van der Waals surface area contributed by atoms with Crippen LogP contribution >= 0.6 is 12.2 Å². The number of rotatable bonds is 6. The second kappa shape index (κ2) is 8.26. The molecule has 0 fully saturated rings. The average Bonchev–Trinajstić information content (AvgIpc) is 2.16. The number of thiocarbonyl (C=S) groups is 1. The topological polar surface area (TPSA) is 27.3 Å². The van der Waals surface area contributed by atoms with Crippen molar-refractivity contribution in [2.45, 2.75) is 20.3 Å². The molecule has 13 heavy (non-hydrogen) atoms. The molecular weight excluding hydrogens is 182 g/mol. The summed E-state index contributed by atoms with van der Waals surface area (Å²) in [5, 5.41) is 6.75. The quantitative estimate of drug-likeness (QED) is 0.625. The first kappa shape index (κ1) is 12.7. The molecule has 0 aliphatic heterocycles. The monoisotopic (exact) mass is 203 g/mol. The zero-order valence-electron chi connectivity index (χ0n) is 8.89. The third kappa shape index (κ3) is 6.78. The number of nitrogens with zero attached hydrogens (tertiary/aromatic N) is 1. The van der Waals surface area contributed by atoms with Crippen molar-refractivity contribution in [1.82, 2.24) is 15.5 Å². The molecule has 0 aromatic carbocycles. The van der Waals surface area contributed by atoms with Crippen molar-refractivity contribution in [3.63, 3.8) is 0 Å². The van der Waals surface area contributed by atoms with Crippen molar-refractivity contribution >= 4 is 17.3 Å². The third-order valence-electron chi connectivity index (χ3n) is 1.93. The molecule has 0 aromatic rings. The molecule has 0 radical (unpaired) electrons. The Hall–Kier alpha value is -0.350. The number of likely N-dealkylation sites (N-methyl/N-ethyl adjacent to an activating group) is 1. The molecule has 0 aromatic heterocycles. The van der Waals surface area contributed by atoms with Gasteiger partial charge in [0.1, 0.15) is 0 Å². The van der Waals surface area contributed by atoms with Gasteiger partial charge in [0, 0.05) is 20.1 Å². The van der Waals surface area contributed by atoms with E-state index in [9.17, 15) is 0 Å². The number of hydrogen-bond acceptors (Lipinski definition) is 2. The summed E-state index contributed by atoms with van der Waals surface area (Å²) in [6.45, 7) is 8.66. The summed E-state index contributed by atoms with van der Waals surface area (Å²) < 4.78 is 0. The van der Waals surface area contributed by atoms with Crippen LogP contribution in [-0.4, -0.2) is 43.2 Å². The molecule has 3 nitrogen and oxygen atoms in total. The maximum Gasteiger partial charge on any atom is 0.166 e. The van der Waals surface area contributed by atoms with Crippen LogP contribution in [0.1, 0.15) is 20.3 Å². The lowest BCUT2D eigenvalue weighted by molar-refractivity contribution is 0.293. The van der Waals surface area contributed by atoms with Crippen LogP contribution in [0.15, 0.2) is 0 Å². The van der Waals surface area contributed by atoms with E-state index in [0.717, 1.165) is 24.7 Å². The number of hydrogen-bond donors (Lipinski definition) is 2. The average molecular weight is 203 g/mol. The zero-order chi connectivity index (χ0) is 10.1. The van der Waals surface area contributed by atoms with Gasteiger partial charge in [-0.2, -0.15) is 0 Å². The molecule has 0 aliphatic rings. The minimum absolute atomic E-state index is 0.729. The summed E-state index contributed by atoms with van der Waals surface area (Å²) in [4.78, 5) is 2.41. The first-order valence-corrected chi connectivity index (χ1v) is 5.33. The maximum absolute atomic E-state index is 4.97. The first-order chi connectivity index (χ1) is 6.24. The van der Waals surface area contributed by atoms with Gasteiger partial charge in [0.2, 0.25) is 0 Å². The Balaban J connectivity index is 3.42. The molecule has 0 atom stereocenters. The van der Waals surface area contributed by atoms with E-state index in [0.29, 0.717) is 0 Å². The molecule has 0 amide bonds. The predicted octanol–water partition coefficient (Wildman–Crippen LogP) is 0.812. The molecule has 0 bridgehead atoms. The van der Waals surface area contributed by atoms with Crippen molar-refractivity contribution in [1.29, 1.82) is 0 Å². The van der Waals surface area contributed by atoms with Gasteiger partial charge in [0.05, 0.1) is 0 Å². The summed E-state index contributed by atoms with van der Waals surface area (Å²) >= 11 is 4.97. The van der Waals surface area contributed by atoms with Crippen LogP contribution in [0.2, 0.25) is 0 Å². The van der Waals surface area contributed by atoms with E-state index in [1.54, 1.807) is 0 Å². The molecule has 4 heteroatoms. The van der Waals surface area contributed by atoms with Crippen LogP contribution in [0, 0.1) is 0 Å². The van der Waals surface area contributed by atoms with Gasteiger partial charge in [-0.3, -0.25) is 0 Å². The highest BCUT2D eigenvalue weighted by molar-refractivity contribution is 7.80. The fraction of sp³-hybridized carbons (Fsp3) is 0.889. The highest BCUT2D eigenvalue weighted by Crippen LogP contribution is 1.88. The van der Waals surface area contributed by atoms with Crippen LogP contribution in [0.3, 0.4) is 0 Å². The smallest absolute Gasteiger partial charge is 0.166 e. The molecule has 0 aliphatic carbocycles. The van der Waals surface area contributed by atoms with Crippen LogP contribution in [-0.2, 0) is 0 Å². The lowest BCUT2D eigenvalue weighted by Crippen LogP contribution is -2.38. The minimum Gasteiger partial charge on any atom is -0.366 e. The van der Waals surface area contributed by atoms with Crippen molar-refractivity contribution < 1.29 is 0 Å². The second-order valence-electron chi connectivity index (χ2n) is 2.94. The normalized spacial score (nSPS) is 10.2. The fourth-order valence-corrected chi connectivity index (χ4v) is 1.26. The van der Waals surface area contributed by atoms with E-state index >= 15 is 0 Å². The van der Waals surface area contributed by atoms with E-state index < -0.39 is 0 Å². The lowest BCUT2D eigenvalue weighted by atomic mass is 10.4. The number of nitrogens with one attached hydrogen (secondary N) is 2. The Labute approximate surface area is 86.9 Å². The van der Waals surface area contributed by atoms with Gasteiger partial charge < -0.3 is 15.5 Å². The van der Waals surface area contributed by atoms with E-state index in [-0.39, 0.29) is 0 Å². The molecule has 0 unspecified atom stereocenters. The van der Waals surface area contributed by atoms with Gasteiger partial charge in [0.25, 0.3) is 0 Å². The largest absolute Gasteiger partial charge is 0.366 e. The lowest BCUT2D eigenvalue weighted by Gasteiger charge is -2.19. The van der Waals surface area contributed by atoms with Gasteiger partial charge in [-0.25, -0.2) is 0 Å². The van der Waals surface area contributed by atoms with E-state index in [4.69, 9.17) is 12.2 Å². The molecular formula is C9H21N3S.